The Balaban J connectivity index is 1.79. The van der Waals surface area contributed by atoms with Crippen molar-refractivity contribution in [3.8, 4) is 5.75 Å². The van der Waals surface area contributed by atoms with Gasteiger partial charge in [-0.15, -0.1) is 0 Å². The highest BCUT2D eigenvalue weighted by molar-refractivity contribution is 6.30. The number of carboxylic acids is 1. The molecule has 0 bridgehead atoms. The van der Waals surface area contributed by atoms with Gasteiger partial charge < -0.3 is 9.84 Å². The van der Waals surface area contributed by atoms with Crippen molar-refractivity contribution in [3.05, 3.63) is 34.9 Å². The van der Waals surface area contributed by atoms with Gasteiger partial charge in [-0.25, -0.2) is 0 Å². The zero-order valence-corrected chi connectivity index (χ0v) is 11.1. The summed E-state index contributed by atoms with van der Waals surface area (Å²) in [7, 11) is 0. The van der Waals surface area contributed by atoms with Gasteiger partial charge in [0.25, 0.3) is 0 Å². The zero-order chi connectivity index (χ0) is 13.5. The van der Waals surface area contributed by atoms with E-state index in [1.807, 2.05) is 29.2 Å². The average Bonchev–Trinajstić information content (AvgIpc) is 2.72. The van der Waals surface area contributed by atoms with Gasteiger partial charge in [0, 0.05) is 30.1 Å². The standard InChI is InChI=1S/C14H14ClNO3/c15-11-1-2-12-10(7-11)3-4-14(19-12)5-6-16(9-14)8-13(17)18/h1-4,7H,5-6,8-9H2,(H,17,18). The number of carbonyl (C=O) groups is 1. The molecule has 2 aliphatic rings. The Morgan fingerprint density at radius 1 is 1.53 bits per heavy atom. The summed E-state index contributed by atoms with van der Waals surface area (Å²) in [5, 5.41) is 9.52. The summed E-state index contributed by atoms with van der Waals surface area (Å²) in [5.41, 5.74) is 0.575. The van der Waals surface area contributed by atoms with Crippen molar-refractivity contribution in [1.29, 1.82) is 0 Å². The molecule has 100 valence electrons. The van der Waals surface area contributed by atoms with Gasteiger partial charge in [0.15, 0.2) is 0 Å². The van der Waals surface area contributed by atoms with E-state index in [9.17, 15) is 4.79 Å². The van der Waals surface area contributed by atoms with Crippen LogP contribution in [-0.2, 0) is 4.79 Å². The summed E-state index contributed by atoms with van der Waals surface area (Å²) >= 11 is 5.95. The first-order chi connectivity index (χ1) is 9.06. The highest BCUT2D eigenvalue weighted by Gasteiger charge is 2.40. The van der Waals surface area contributed by atoms with Gasteiger partial charge in [0.1, 0.15) is 11.4 Å². The minimum atomic E-state index is -0.802. The number of fused-ring (bicyclic) bond motifs is 1. The van der Waals surface area contributed by atoms with Crippen molar-refractivity contribution in [2.24, 2.45) is 0 Å². The fourth-order valence-electron chi connectivity index (χ4n) is 2.67. The molecule has 1 N–H and O–H groups in total. The van der Waals surface area contributed by atoms with Crippen LogP contribution < -0.4 is 4.74 Å². The molecule has 1 fully saturated rings. The number of ether oxygens (including phenoxy) is 1. The zero-order valence-electron chi connectivity index (χ0n) is 10.3. The lowest BCUT2D eigenvalue weighted by Crippen LogP contribution is -2.39. The molecule has 0 radical (unpaired) electrons. The third-order valence-electron chi connectivity index (χ3n) is 3.55. The molecule has 1 aromatic rings. The monoisotopic (exact) mass is 279 g/mol. The predicted molar refractivity (Wildman–Crippen MR) is 72.5 cm³/mol. The van der Waals surface area contributed by atoms with Gasteiger partial charge in [-0.3, -0.25) is 9.69 Å². The van der Waals surface area contributed by atoms with E-state index >= 15 is 0 Å². The Labute approximate surface area is 116 Å². The molecule has 3 rings (SSSR count). The van der Waals surface area contributed by atoms with Crippen LogP contribution in [0.4, 0.5) is 0 Å². The molecular weight excluding hydrogens is 266 g/mol. The minimum absolute atomic E-state index is 0.0619. The van der Waals surface area contributed by atoms with Crippen molar-refractivity contribution in [3.63, 3.8) is 0 Å². The summed E-state index contributed by atoms with van der Waals surface area (Å²) < 4.78 is 6.07. The maximum absolute atomic E-state index is 10.7. The van der Waals surface area contributed by atoms with Crippen LogP contribution in [0.5, 0.6) is 5.75 Å². The predicted octanol–water partition coefficient (Wildman–Crippen LogP) is 2.27. The lowest BCUT2D eigenvalue weighted by Gasteiger charge is -2.31. The third-order valence-corrected chi connectivity index (χ3v) is 3.79. The topological polar surface area (TPSA) is 49.8 Å². The first kappa shape index (κ1) is 12.5. The van der Waals surface area contributed by atoms with Crippen molar-refractivity contribution in [1.82, 2.24) is 4.90 Å². The van der Waals surface area contributed by atoms with Gasteiger partial charge in [0.2, 0.25) is 0 Å². The number of rotatable bonds is 2. The van der Waals surface area contributed by atoms with E-state index in [2.05, 4.69) is 0 Å². The molecule has 19 heavy (non-hydrogen) atoms. The summed E-state index contributed by atoms with van der Waals surface area (Å²) in [6, 6.07) is 5.53. The lowest BCUT2D eigenvalue weighted by atomic mass is 9.97. The van der Waals surface area contributed by atoms with E-state index in [1.165, 1.54) is 0 Å². The summed E-state index contributed by atoms with van der Waals surface area (Å²) in [6.07, 6.45) is 4.83. The Morgan fingerprint density at radius 3 is 3.16 bits per heavy atom. The Hall–Kier alpha value is -1.52. The largest absolute Gasteiger partial charge is 0.481 e. The molecule has 4 nitrogen and oxygen atoms in total. The molecule has 1 saturated heterocycles. The van der Waals surface area contributed by atoms with Crippen LogP contribution in [0.15, 0.2) is 24.3 Å². The van der Waals surface area contributed by atoms with Crippen molar-refractivity contribution in [2.75, 3.05) is 19.6 Å². The van der Waals surface area contributed by atoms with Gasteiger partial charge in [0.05, 0.1) is 6.54 Å². The Bertz CT molecular complexity index is 558. The van der Waals surface area contributed by atoms with Gasteiger partial charge in [-0.2, -0.15) is 0 Å². The van der Waals surface area contributed by atoms with Crippen LogP contribution in [0.25, 0.3) is 6.08 Å². The lowest BCUT2D eigenvalue weighted by molar-refractivity contribution is -0.138. The highest BCUT2D eigenvalue weighted by Crippen LogP contribution is 2.37. The first-order valence-electron chi connectivity index (χ1n) is 6.18. The number of benzene rings is 1. The van der Waals surface area contributed by atoms with Crippen LogP contribution in [-0.4, -0.2) is 41.2 Å². The Morgan fingerprint density at radius 2 is 2.37 bits per heavy atom. The van der Waals surface area contributed by atoms with Crippen LogP contribution in [0.1, 0.15) is 12.0 Å². The second-order valence-electron chi connectivity index (χ2n) is 5.04. The number of hydrogen-bond acceptors (Lipinski definition) is 3. The maximum Gasteiger partial charge on any atom is 0.317 e. The molecule has 1 unspecified atom stereocenters. The van der Waals surface area contributed by atoms with E-state index in [1.54, 1.807) is 6.07 Å². The summed E-state index contributed by atoms with van der Waals surface area (Å²) in [4.78, 5) is 12.6. The van der Waals surface area contributed by atoms with Crippen LogP contribution in [0.3, 0.4) is 0 Å². The smallest absolute Gasteiger partial charge is 0.317 e. The molecule has 2 aliphatic heterocycles. The maximum atomic E-state index is 10.7. The third kappa shape index (κ3) is 2.46. The normalized spacial score (nSPS) is 25.3. The van der Waals surface area contributed by atoms with E-state index in [-0.39, 0.29) is 6.54 Å². The molecular formula is C14H14ClNO3. The van der Waals surface area contributed by atoms with E-state index in [0.717, 1.165) is 24.3 Å². The second kappa shape index (κ2) is 4.54. The summed E-state index contributed by atoms with van der Waals surface area (Å²) in [6.45, 7) is 1.41. The van der Waals surface area contributed by atoms with Gasteiger partial charge in [-0.05, 0) is 24.3 Å². The molecule has 0 aromatic heterocycles. The number of carboxylic acid groups (broad SMARTS) is 1. The van der Waals surface area contributed by atoms with Gasteiger partial charge in [-0.1, -0.05) is 17.7 Å². The van der Waals surface area contributed by atoms with E-state index in [4.69, 9.17) is 21.4 Å². The highest BCUT2D eigenvalue weighted by atomic mass is 35.5. The molecule has 1 aromatic carbocycles. The molecule has 5 heteroatoms. The van der Waals surface area contributed by atoms with Crippen LogP contribution in [0, 0.1) is 0 Å². The van der Waals surface area contributed by atoms with Crippen molar-refractivity contribution in [2.45, 2.75) is 12.0 Å². The molecule has 0 amide bonds. The van der Waals surface area contributed by atoms with E-state index < -0.39 is 11.6 Å². The summed E-state index contributed by atoms with van der Waals surface area (Å²) in [5.74, 6) is 0.00750. The van der Waals surface area contributed by atoms with Gasteiger partial charge >= 0.3 is 5.97 Å². The number of aliphatic carboxylic acids is 1. The molecule has 2 heterocycles. The minimum Gasteiger partial charge on any atom is -0.481 e. The number of nitrogens with zero attached hydrogens (tertiary/aromatic N) is 1. The number of hydrogen-bond donors (Lipinski definition) is 1. The molecule has 0 aliphatic carbocycles. The number of halogens is 1. The quantitative estimate of drug-likeness (QED) is 0.902. The molecule has 0 saturated carbocycles. The average molecular weight is 280 g/mol. The fraction of sp³-hybridized carbons (Fsp3) is 0.357. The first-order valence-corrected chi connectivity index (χ1v) is 6.56. The SMILES string of the molecule is O=C(O)CN1CCC2(C=Cc3cc(Cl)ccc3O2)C1. The fourth-order valence-corrected chi connectivity index (χ4v) is 2.85. The van der Waals surface area contributed by atoms with Crippen LogP contribution in [0.2, 0.25) is 5.02 Å². The van der Waals surface area contributed by atoms with Crippen molar-refractivity contribution >= 4 is 23.6 Å². The van der Waals surface area contributed by atoms with E-state index in [0.29, 0.717) is 11.6 Å². The van der Waals surface area contributed by atoms with Crippen molar-refractivity contribution < 1.29 is 14.6 Å². The Kier molecular flexibility index (Phi) is 2.99. The molecule has 1 atom stereocenters. The van der Waals surface area contributed by atoms with Crippen LogP contribution >= 0.6 is 11.6 Å². The number of likely N-dealkylation sites (tertiary alicyclic amines) is 1. The molecule has 1 spiro atoms. The second-order valence-corrected chi connectivity index (χ2v) is 5.47.